The monoisotopic (exact) mass is 276 g/mol. The lowest BCUT2D eigenvalue weighted by atomic mass is 9.93. The van der Waals surface area contributed by atoms with Crippen molar-refractivity contribution in [2.75, 3.05) is 13.1 Å². The van der Waals surface area contributed by atoms with E-state index < -0.39 is 11.6 Å². The van der Waals surface area contributed by atoms with Gasteiger partial charge in [0.05, 0.1) is 11.6 Å². The number of nitrogens with zero attached hydrogens (tertiary/aromatic N) is 1. The molecule has 1 heterocycles. The van der Waals surface area contributed by atoms with E-state index in [-0.39, 0.29) is 5.91 Å². The normalized spacial score (nSPS) is 19.6. The van der Waals surface area contributed by atoms with Gasteiger partial charge in [-0.05, 0) is 38.2 Å². The van der Waals surface area contributed by atoms with Gasteiger partial charge in [0.2, 0.25) is 5.91 Å². The zero-order valence-corrected chi connectivity index (χ0v) is 12.1. The lowest BCUT2D eigenvalue weighted by molar-refractivity contribution is -0.136. The SMILES string of the molecule is CC1(O)CCN(C(=O)[C@@H](N)CCc2ccccc2)CC1. The molecule has 1 aliphatic heterocycles. The third-order valence-corrected chi connectivity index (χ3v) is 4.06. The minimum absolute atomic E-state index is 0.0106. The highest BCUT2D eigenvalue weighted by atomic mass is 16.3. The molecule has 0 bridgehead atoms. The smallest absolute Gasteiger partial charge is 0.239 e. The second-order valence-corrected chi connectivity index (χ2v) is 5.95. The number of carbonyl (C=O) groups is 1. The predicted molar refractivity (Wildman–Crippen MR) is 79.2 cm³/mol. The quantitative estimate of drug-likeness (QED) is 0.871. The van der Waals surface area contributed by atoms with Crippen LogP contribution in [0.25, 0.3) is 0 Å². The molecule has 1 amide bonds. The highest BCUT2D eigenvalue weighted by molar-refractivity contribution is 5.81. The molecular weight excluding hydrogens is 252 g/mol. The summed E-state index contributed by atoms with van der Waals surface area (Å²) < 4.78 is 0. The highest BCUT2D eigenvalue weighted by Gasteiger charge is 2.31. The average Bonchev–Trinajstić information content (AvgIpc) is 2.45. The number of likely N-dealkylation sites (tertiary alicyclic amines) is 1. The minimum atomic E-state index is -0.634. The van der Waals surface area contributed by atoms with Gasteiger partial charge in [-0.1, -0.05) is 30.3 Å². The zero-order valence-electron chi connectivity index (χ0n) is 12.1. The van der Waals surface area contributed by atoms with Crippen LogP contribution in [-0.2, 0) is 11.2 Å². The maximum atomic E-state index is 12.2. The fraction of sp³-hybridized carbons (Fsp3) is 0.562. The van der Waals surface area contributed by atoms with Crippen molar-refractivity contribution in [2.24, 2.45) is 5.73 Å². The number of amides is 1. The van der Waals surface area contributed by atoms with Gasteiger partial charge >= 0.3 is 0 Å². The number of rotatable bonds is 4. The Balaban J connectivity index is 1.80. The standard InChI is InChI=1S/C16H24N2O2/c1-16(20)9-11-18(12-10-16)15(19)14(17)8-7-13-5-3-2-4-6-13/h2-6,14,20H,7-12,17H2,1H3/t14-/m0/s1. The Labute approximate surface area is 120 Å². The molecule has 4 nitrogen and oxygen atoms in total. The third kappa shape index (κ3) is 4.05. The minimum Gasteiger partial charge on any atom is -0.390 e. The van der Waals surface area contributed by atoms with Gasteiger partial charge < -0.3 is 15.7 Å². The number of piperidine rings is 1. The molecule has 0 saturated carbocycles. The Kier molecular flexibility index (Phi) is 4.78. The Hall–Kier alpha value is -1.39. The molecule has 0 aliphatic carbocycles. The van der Waals surface area contributed by atoms with Gasteiger partial charge in [-0.2, -0.15) is 0 Å². The summed E-state index contributed by atoms with van der Waals surface area (Å²) in [6.07, 6.45) is 2.74. The van der Waals surface area contributed by atoms with Crippen molar-refractivity contribution in [3.8, 4) is 0 Å². The maximum Gasteiger partial charge on any atom is 0.239 e. The number of hydrogen-bond acceptors (Lipinski definition) is 3. The van der Waals surface area contributed by atoms with Gasteiger partial charge in [-0.15, -0.1) is 0 Å². The van der Waals surface area contributed by atoms with E-state index >= 15 is 0 Å². The lowest BCUT2D eigenvalue weighted by Crippen LogP contribution is -2.50. The van der Waals surface area contributed by atoms with E-state index in [1.54, 1.807) is 4.90 Å². The largest absolute Gasteiger partial charge is 0.390 e. The summed E-state index contributed by atoms with van der Waals surface area (Å²) in [5, 5.41) is 9.90. The van der Waals surface area contributed by atoms with Crippen LogP contribution in [0.2, 0.25) is 0 Å². The molecule has 4 heteroatoms. The fourth-order valence-electron chi connectivity index (χ4n) is 2.53. The van der Waals surface area contributed by atoms with Crippen molar-refractivity contribution in [3.63, 3.8) is 0 Å². The molecule has 1 aromatic carbocycles. The first-order valence-corrected chi connectivity index (χ1v) is 7.29. The van der Waals surface area contributed by atoms with Crippen LogP contribution in [0.3, 0.4) is 0 Å². The number of benzene rings is 1. The number of nitrogens with two attached hydrogens (primary N) is 1. The van der Waals surface area contributed by atoms with Crippen molar-refractivity contribution >= 4 is 5.91 Å². The van der Waals surface area contributed by atoms with Crippen molar-refractivity contribution in [3.05, 3.63) is 35.9 Å². The summed E-state index contributed by atoms with van der Waals surface area (Å²) in [5.41, 5.74) is 6.58. The van der Waals surface area contributed by atoms with Crippen molar-refractivity contribution in [1.29, 1.82) is 0 Å². The van der Waals surface area contributed by atoms with Gasteiger partial charge in [-0.3, -0.25) is 4.79 Å². The van der Waals surface area contributed by atoms with Gasteiger partial charge in [0.1, 0.15) is 0 Å². The van der Waals surface area contributed by atoms with Crippen LogP contribution >= 0.6 is 0 Å². The molecule has 20 heavy (non-hydrogen) atoms. The second kappa shape index (κ2) is 6.37. The molecule has 110 valence electrons. The molecule has 1 atom stereocenters. The van der Waals surface area contributed by atoms with Crippen LogP contribution in [0, 0.1) is 0 Å². The fourth-order valence-corrected chi connectivity index (χ4v) is 2.53. The summed E-state index contributed by atoms with van der Waals surface area (Å²) in [5.74, 6) is 0.0106. The van der Waals surface area contributed by atoms with Gasteiger partial charge in [0, 0.05) is 13.1 Å². The Morgan fingerprint density at radius 3 is 2.55 bits per heavy atom. The number of aliphatic hydroxyl groups is 1. The zero-order chi connectivity index (χ0) is 14.6. The van der Waals surface area contributed by atoms with Crippen LogP contribution in [0.5, 0.6) is 0 Å². The summed E-state index contributed by atoms with van der Waals surface area (Å²) >= 11 is 0. The second-order valence-electron chi connectivity index (χ2n) is 5.95. The molecule has 0 aromatic heterocycles. The van der Waals surface area contributed by atoms with Gasteiger partial charge in [0.25, 0.3) is 0 Å². The number of aryl methyl sites for hydroxylation is 1. The van der Waals surface area contributed by atoms with Gasteiger partial charge in [0.15, 0.2) is 0 Å². The Morgan fingerprint density at radius 1 is 1.35 bits per heavy atom. The van der Waals surface area contributed by atoms with Crippen LogP contribution in [0.1, 0.15) is 31.7 Å². The first-order chi connectivity index (χ1) is 9.48. The maximum absolute atomic E-state index is 12.2. The van der Waals surface area contributed by atoms with E-state index in [2.05, 4.69) is 12.1 Å². The van der Waals surface area contributed by atoms with E-state index in [9.17, 15) is 9.90 Å². The molecule has 0 unspecified atom stereocenters. The molecule has 0 spiro atoms. The molecule has 1 saturated heterocycles. The summed E-state index contributed by atoms with van der Waals surface area (Å²) in [4.78, 5) is 14.0. The van der Waals surface area contributed by atoms with E-state index in [1.807, 2.05) is 25.1 Å². The highest BCUT2D eigenvalue weighted by Crippen LogP contribution is 2.21. The third-order valence-electron chi connectivity index (χ3n) is 4.06. The molecule has 0 radical (unpaired) electrons. The van der Waals surface area contributed by atoms with Crippen LogP contribution in [-0.4, -0.2) is 40.6 Å². The molecule has 1 aliphatic rings. The molecule has 1 fully saturated rings. The molecule has 1 aromatic rings. The van der Waals surface area contributed by atoms with E-state index in [4.69, 9.17) is 5.73 Å². The Bertz CT molecular complexity index is 435. The summed E-state index contributed by atoms with van der Waals surface area (Å²) in [6, 6.07) is 9.63. The van der Waals surface area contributed by atoms with Crippen LogP contribution in [0.15, 0.2) is 30.3 Å². The van der Waals surface area contributed by atoms with Crippen molar-refractivity contribution in [2.45, 2.75) is 44.2 Å². The summed E-state index contributed by atoms with van der Waals surface area (Å²) in [7, 11) is 0. The van der Waals surface area contributed by atoms with Crippen molar-refractivity contribution in [1.82, 2.24) is 4.90 Å². The van der Waals surface area contributed by atoms with E-state index in [1.165, 1.54) is 5.56 Å². The Morgan fingerprint density at radius 2 is 1.95 bits per heavy atom. The van der Waals surface area contributed by atoms with Crippen molar-refractivity contribution < 1.29 is 9.90 Å². The molecular formula is C16H24N2O2. The van der Waals surface area contributed by atoms with E-state index in [0.717, 1.165) is 6.42 Å². The molecule has 3 N–H and O–H groups in total. The van der Waals surface area contributed by atoms with Crippen LogP contribution < -0.4 is 5.73 Å². The van der Waals surface area contributed by atoms with Gasteiger partial charge in [-0.25, -0.2) is 0 Å². The van der Waals surface area contributed by atoms with E-state index in [0.29, 0.717) is 32.4 Å². The first-order valence-electron chi connectivity index (χ1n) is 7.29. The lowest BCUT2D eigenvalue weighted by Gasteiger charge is -2.36. The first kappa shape index (κ1) is 15.0. The number of carbonyl (C=O) groups excluding carboxylic acids is 1. The molecule has 2 rings (SSSR count). The summed E-state index contributed by atoms with van der Waals surface area (Å²) in [6.45, 7) is 3.03. The number of hydrogen-bond donors (Lipinski definition) is 2. The average molecular weight is 276 g/mol. The predicted octanol–water partition coefficient (Wildman–Crippen LogP) is 1.32. The topological polar surface area (TPSA) is 66.6 Å². The van der Waals surface area contributed by atoms with Crippen LogP contribution in [0.4, 0.5) is 0 Å².